The number of nitrogens with zero attached hydrogens (tertiary/aromatic N) is 1. The lowest BCUT2D eigenvalue weighted by Crippen LogP contribution is -2.35. The molecule has 0 aromatic heterocycles. The Bertz CT molecular complexity index is 422. The molecule has 18 heavy (non-hydrogen) atoms. The molecule has 0 radical (unpaired) electrons. The fourth-order valence-electron chi connectivity index (χ4n) is 2.43. The number of carboxylic acid groups (broad SMARTS) is 1. The largest absolute Gasteiger partial charge is 0.480 e. The van der Waals surface area contributed by atoms with E-state index in [2.05, 4.69) is 36.1 Å². The van der Waals surface area contributed by atoms with Crippen LogP contribution in [0.15, 0.2) is 29.2 Å². The van der Waals surface area contributed by atoms with E-state index in [1.807, 2.05) is 11.8 Å². The van der Waals surface area contributed by atoms with Gasteiger partial charge in [-0.2, -0.15) is 0 Å². The molecular formula is C14H19NO2S. The fourth-order valence-corrected chi connectivity index (χ4v) is 3.17. The minimum Gasteiger partial charge on any atom is -0.480 e. The first-order valence-corrected chi connectivity index (χ1v) is 7.38. The van der Waals surface area contributed by atoms with Gasteiger partial charge in [-0.1, -0.05) is 19.1 Å². The standard InChI is InChI=1S/C14H19NO2S/c1-2-18-12-6-3-5-11(9-12)10-15-8-4-7-13(15)14(16)17/h3,5-6,9,13H,2,4,7-8,10H2,1H3,(H,16,17)/t13-/m1/s1. The van der Waals surface area contributed by atoms with Crippen LogP contribution in [0.5, 0.6) is 0 Å². The molecule has 98 valence electrons. The van der Waals surface area contributed by atoms with E-state index in [0.717, 1.165) is 31.7 Å². The number of hydrogen-bond acceptors (Lipinski definition) is 3. The summed E-state index contributed by atoms with van der Waals surface area (Å²) in [5, 5.41) is 9.15. The predicted octanol–water partition coefficient (Wildman–Crippen LogP) is 2.85. The van der Waals surface area contributed by atoms with E-state index < -0.39 is 5.97 Å². The zero-order valence-corrected chi connectivity index (χ0v) is 11.4. The number of thioether (sulfide) groups is 1. The molecule has 0 saturated carbocycles. The minimum absolute atomic E-state index is 0.299. The summed E-state index contributed by atoms with van der Waals surface area (Å²) >= 11 is 1.82. The Kier molecular flexibility index (Phi) is 4.66. The van der Waals surface area contributed by atoms with Crippen molar-refractivity contribution in [3.8, 4) is 0 Å². The maximum atomic E-state index is 11.1. The highest BCUT2D eigenvalue weighted by molar-refractivity contribution is 7.99. The smallest absolute Gasteiger partial charge is 0.320 e. The van der Waals surface area contributed by atoms with Crippen molar-refractivity contribution in [2.24, 2.45) is 0 Å². The Labute approximate surface area is 112 Å². The van der Waals surface area contributed by atoms with Gasteiger partial charge in [0.15, 0.2) is 0 Å². The zero-order chi connectivity index (χ0) is 13.0. The maximum Gasteiger partial charge on any atom is 0.320 e. The summed E-state index contributed by atoms with van der Waals surface area (Å²) in [4.78, 5) is 14.5. The van der Waals surface area contributed by atoms with Crippen LogP contribution in [0.4, 0.5) is 0 Å². The van der Waals surface area contributed by atoms with Crippen LogP contribution in [0, 0.1) is 0 Å². The van der Waals surface area contributed by atoms with Crippen molar-refractivity contribution < 1.29 is 9.90 Å². The van der Waals surface area contributed by atoms with E-state index in [9.17, 15) is 4.79 Å². The SMILES string of the molecule is CCSc1cccc(CN2CCC[C@@H]2C(=O)O)c1. The van der Waals surface area contributed by atoms with Crippen molar-refractivity contribution in [3.63, 3.8) is 0 Å². The van der Waals surface area contributed by atoms with Crippen LogP contribution in [0.25, 0.3) is 0 Å². The van der Waals surface area contributed by atoms with Gasteiger partial charge in [0.2, 0.25) is 0 Å². The molecule has 1 aromatic carbocycles. The summed E-state index contributed by atoms with van der Waals surface area (Å²) in [6.07, 6.45) is 1.76. The molecule has 1 aliphatic rings. The van der Waals surface area contributed by atoms with Crippen molar-refractivity contribution in [1.29, 1.82) is 0 Å². The lowest BCUT2D eigenvalue weighted by Gasteiger charge is -2.21. The lowest BCUT2D eigenvalue weighted by molar-refractivity contribution is -0.142. The van der Waals surface area contributed by atoms with Gasteiger partial charge in [-0.15, -0.1) is 11.8 Å². The number of benzene rings is 1. The van der Waals surface area contributed by atoms with Gasteiger partial charge in [0.25, 0.3) is 0 Å². The van der Waals surface area contributed by atoms with Crippen LogP contribution in [0.3, 0.4) is 0 Å². The predicted molar refractivity (Wildman–Crippen MR) is 73.9 cm³/mol. The summed E-state index contributed by atoms with van der Waals surface area (Å²) in [7, 11) is 0. The molecular weight excluding hydrogens is 246 g/mol. The summed E-state index contributed by atoms with van der Waals surface area (Å²) < 4.78 is 0. The van der Waals surface area contributed by atoms with Gasteiger partial charge >= 0.3 is 5.97 Å². The van der Waals surface area contributed by atoms with Gasteiger partial charge in [-0.3, -0.25) is 9.69 Å². The molecule has 1 aliphatic heterocycles. The first kappa shape index (κ1) is 13.4. The zero-order valence-electron chi connectivity index (χ0n) is 10.6. The van der Waals surface area contributed by atoms with E-state index in [1.54, 1.807) is 0 Å². The van der Waals surface area contributed by atoms with Gasteiger partial charge < -0.3 is 5.11 Å². The van der Waals surface area contributed by atoms with E-state index in [4.69, 9.17) is 5.11 Å². The van der Waals surface area contributed by atoms with Crippen LogP contribution in [-0.4, -0.2) is 34.3 Å². The number of hydrogen-bond donors (Lipinski definition) is 1. The highest BCUT2D eigenvalue weighted by atomic mass is 32.2. The third-order valence-electron chi connectivity index (χ3n) is 3.24. The molecule has 1 fully saturated rings. The molecule has 2 rings (SSSR count). The average molecular weight is 265 g/mol. The van der Waals surface area contributed by atoms with Gasteiger partial charge in [0.05, 0.1) is 0 Å². The topological polar surface area (TPSA) is 40.5 Å². The molecule has 0 bridgehead atoms. The molecule has 0 aliphatic carbocycles. The molecule has 1 N–H and O–H groups in total. The van der Waals surface area contributed by atoms with Gasteiger partial charge in [-0.05, 0) is 42.8 Å². The van der Waals surface area contributed by atoms with Crippen molar-refractivity contribution in [2.75, 3.05) is 12.3 Å². The molecule has 1 heterocycles. The van der Waals surface area contributed by atoms with Crippen LogP contribution >= 0.6 is 11.8 Å². The van der Waals surface area contributed by atoms with Gasteiger partial charge in [-0.25, -0.2) is 0 Å². The summed E-state index contributed by atoms with van der Waals surface area (Å²) in [5.41, 5.74) is 1.21. The van der Waals surface area contributed by atoms with Gasteiger partial charge in [0, 0.05) is 11.4 Å². The highest BCUT2D eigenvalue weighted by Gasteiger charge is 2.30. The third-order valence-corrected chi connectivity index (χ3v) is 4.12. The lowest BCUT2D eigenvalue weighted by atomic mass is 10.2. The number of rotatable bonds is 5. The van der Waals surface area contributed by atoms with E-state index in [1.165, 1.54) is 10.5 Å². The second-order valence-corrected chi connectivity index (χ2v) is 5.88. The summed E-state index contributed by atoms with van der Waals surface area (Å²) in [6, 6.07) is 8.12. The first-order chi connectivity index (χ1) is 8.70. The number of likely N-dealkylation sites (tertiary alicyclic amines) is 1. The van der Waals surface area contributed by atoms with Crippen LogP contribution < -0.4 is 0 Å². The quantitative estimate of drug-likeness (QED) is 0.831. The monoisotopic (exact) mass is 265 g/mol. The van der Waals surface area contributed by atoms with Gasteiger partial charge in [0.1, 0.15) is 6.04 Å². The van der Waals surface area contributed by atoms with Crippen molar-refractivity contribution >= 4 is 17.7 Å². The number of carbonyl (C=O) groups is 1. The highest BCUT2D eigenvalue weighted by Crippen LogP contribution is 2.23. The third kappa shape index (κ3) is 3.27. The second-order valence-electron chi connectivity index (χ2n) is 4.55. The maximum absolute atomic E-state index is 11.1. The Hall–Kier alpha value is -1.00. The molecule has 1 aromatic rings. The molecule has 1 atom stereocenters. The van der Waals surface area contributed by atoms with Crippen molar-refractivity contribution in [2.45, 2.75) is 37.2 Å². The normalized spacial score (nSPS) is 20.2. The molecule has 4 heteroatoms. The Morgan fingerprint density at radius 2 is 2.39 bits per heavy atom. The van der Waals surface area contributed by atoms with Crippen LogP contribution in [0.1, 0.15) is 25.3 Å². The van der Waals surface area contributed by atoms with E-state index in [0.29, 0.717) is 0 Å². The van der Waals surface area contributed by atoms with Crippen molar-refractivity contribution in [1.82, 2.24) is 4.90 Å². The summed E-state index contributed by atoms with van der Waals surface area (Å²) in [6.45, 7) is 3.77. The van der Waals surface area contributed by atoms with E-state index in [-0.39, 0.29) is 6.04 Å². The summed E-state index contributed by atoms with van der Waals surface area (Å²) in [5.74, 6) is 0.372. The second kappa shape index (κ2) is 6.25. The minimum atomic E-state index is -0.688. The number of aliphatic carboxylic acids is 1. The fraction of sp³-hybridized carbons (Fsp3) is 0.500. The Balaban J connectivity index is 2.04. The molecule has 0 spiro atoms. The Morgan fingerprint density at radius 3 is 3.11 bits per heavy atom. The van der Waals surface area contributed by atoms with E-state index >= 15 is 0 Å². The molecule has 0 unspecified atom stereocenters. The van der Waals surface area contributed by atoms with Crippen LogP contribution in [-0.2, 0) is 11.3 Å². The van der Waals surface area contributed by atoms with Crippen molar-refractivity contribution in [3.05, 3.63) is 29.8 Å². The van der Waals surface area contributed by atoms with Crippen LogP contribution in [0.2, 0.25) is 0 Å². The first-order valence-electron chi connectivity index (χ1n) is 6.39. The molecule has 0 amide bonds. The average Bonchev–Trinajstić information content (AvgIpc) is 2.78. The number of carboxylic acids is 1. The molecule has 3 nitrogen and oxygen atoms in total. The Morgan fingerprint density at radius 1 is 1.56 bits per heavy atom. The molecule has 1 saturated heterocycles.